The Bertz CT molecular complexity index is 205. The lowest BCUT2D eigenvalue weighted by Crippen LogP contribution is -2.12. The van der Waals surface area contributed by atoms with Crippen LogP contribution in [0.5, 0.6) is 0 Å². The van der Waals surface area contributed by atoms with Crippen molar-refractivity contribution in [1.82, 2.24) is 0 Å². The van der Waals surface area contributed by atoms with Crippen molar-refractivity contribution in [2.75, 3.05) is 5.33 Å². The normalized spacial score (nSPS) is 36.7. The molecule has 1 N–H and O–H groups in total. The van der Waals surface area contributed by atoms with E-state index in [2.05, 4.69) is 25.0 Å². The molecule has 0 bridgehead atoms. The van der Waals surface area contributed by atoms with E-state index >= 15 is 0 Å². The third kappa shape index (κ3) is 2.95. The predicted octanol–water partition coefficient (Wildman–Crippen LogP) is 1.80. The molecular formula is C5H8BrO4P. The molecule has 0 aliphatic carbocycles. The Morgan fingerprint density at radius 3 is 3.00 bits per heavy atom. The van der Waals surface area contributed by atoms with E-state index in [-0.39, 0.29) is 6.10 Å². The molecule has 1 aliphatic heterocycles. The maximum Gasteiger partial charge on any atom is 0.527 e. The average molecular weight is 243 g/mol. The summed E-state index contributed by atoms with van der Waals surface area (Å²) < 4.78 is 19.8. The molecule has 0 saturated heterocycles. The number of hydrogen-bond acceptors (Lipinski definition) is 3. The molecule has 0 aromatic carbocycles. The van der Waals surface area contributed by atoms with Gasteiger partial charge in [0.05, 0.1) is 12.4 Å². The largest absolute Gasteiger partial charge is 0.527 e. The SMILES string of the molecule is O=P1(O)OC=CC(CCBr)O1. The summed E-state index contributed by atoms with van der Waals surface area (Å²) >= 11 is 3.20. The second kappa shape index (κ2) is 3.72. The van der Waals surface area contributed by atoms with Crippen LogP contribution in [0.2, 0.25) is 0 Å². The Hall–Kier alpha value is 0.170. The molecule has 2 unspecified atom stereocenters. The van der Waals surface area contributed by atoms with Gasteiger partial charge in [0.2, 0.25) is 0 Å². The highest BCUT2D eigenvalue weighted by Crippen LogP contribution is 2.47. The fourth-order valence-corrected chi connectivity index (χ4v) is 1.93. The van der Waals surface area contributed by atoms with Crippen LogP contribution in [0.1, 0.15) is 6.42 Å². The summed E-state index contributed by atoms with van der Waals surface area (Å²) in [5, 5.41) is 0.724. The van der Waals surface area contributed by atoms with Gasteiger partial charge in [-0.15, -0.1) is 0 Å². The summed E-state index contributed by atoms with van der Waals surface area (Å²) in [6.07, 6.45) is 3.15. The molecular weight excluding hydrogens is 235 g/mol. The number of phosphoric acid groups is 1. The van der Waals surface area contributed by atoms with E-state index in [0.717, 1.165) is 5.33 Å². The molecule has 11 heavy (non-hydrogen) atoms. The molecule has 64 valence electrons. The van der Waals surface area contributed by atoms with Crippen LogP contribution in [-0.2, 0) is 13.6 Å². The Morgan fingerprint density at radius 1 is 1.73 bits per heavy atom. The molecule has 0 radical (unpaired) electrons. The fraction of sp³-hybridized carbons (Fsp3) is 0.600. The second-order valence-electron chi connectivity index (χ2n) is 2.02. The number of phosphoric ester groups is 1. The lowest BCUT2D eigenvalue weighted by molar-refractivity contribution is 0.135. The van der Waals surface area contributed by atoms with Gasteiger partial charge in [-0.05, 0) is 12.5 Å². The van der Waals surface area contributed by atoms with E-state index in [0.29, 0.717) is 6.42 Å². The highest BCUT2D eigenvalue weighted by molar-refractivity contribution is 9.09. The van der Waals surface area contributed by atoms with Gasteiger partial charge in [-0.25, -0.2) is 4.57 Å². The van der Waals surface area contributed by atoms with Gasteiger partial charge in [-0.1, -0.05) is 15.9 Å². The smallest absolute Gasteiger partial charge is 0.412 e. The molecule has 2 atom stereocenters. The summed E-state index contributed by atoms with van der Waals surface area (Å²) in [5.74, 6) is 0. The van der Waals surface area contributed by atoms with Crippen LogP contribution in [0.15, 0.2) is 12.3 Å². The van der Waals surface area contributed by atoms with E-state index < -0.39 is 7.82 Å². The van der Waals surface area contributed by atoms with Crippen LogP contribution in [0, 0.1) is 0 Å². The number of halogens is 1. The minimum Gasteiger partial charge on any atom is -0.412 e. The molecule has 6 heteroatoms. The predicted molar refractivity (Wildman–Crippen MR) is 43.3 cm³/mol. The zero-order chi connectivity index (χ0) is 8.32. The zero-order valence-electron chi connectivity index (χ0n) is 5.64. The Labute approximate surface area is 72.9 Å². The number of alkyl halides is 1. The van der Waals surface area contributed by atoms with E-state index in [1.165, 1.54) is 6.26 Å². The van der Waals surface area contributed by atoms with Gasteiger partial charge >= 0.3 is 7.82 Å². The topological polar surface area (TPSA) is 55.8 Å². The van der Waals surface area contributed by atoms with Crippen LogP contribution in [0.3, 0.4) is 0 Å². The van der Waals surface area contributed by atoms with Crippen LogP contribution < -0.4 is 0 Å². The van der Waals surface area contributed by atoms with Crippen LogP contribution in [-0.4, -0.2) is 16.3 Å². The first-order valence-corrected chi connectivity index (χ1v) is 5.68. The van der Waals surface area contributed by atoms with Crippen molar-refractivity contribution in [3.63, 3.8) is 0 Å². The van der Waals surface area contributed by atoms with E-state index in [1.807, 2.05) is 0 Å². The summed E-state index contributed by atoms with van der Waals surface area (Å²) in [6.45, 7) is 0. The fourth-order valence-electron chi connectivity index (χ4n) is 0.687. The first kappa shape index (κ1) is 9.26. The third-order valence-electron chi connectivity index (χ3n) is 1.15. The van der Waals surface area contributed by atoms with E-state index in [4.69, 9.17) is 4.89 Å². The molecule has 0 aromatic heterocycles. The van der Waals surface area contributed by atoms with Crippen LogP contribution in [0.25, 0.3) is 0 Å². The molecule has 1 aliphatic rings. The van der Waals surface area contributed by atoms with E-state index in [9.17, 15) is 4.57 Å². The summed E-state index contributed by atoms with van der Waals surface area (Å²) in [6, 6.07) is 0. The van der Waals surface area contributed by atoms with E-state index in [1.54, 1.807) is 6.08 Å². The molecule has 1 rings (SSSR count). The van der Waals surface area contributed by atoms with Crippen molar-refractivity contribution in [3.8, 4) is 0 Å². The quantitative estimate of drug-likeness (QED) is 0.593. The first-order chi connectivity index (χ1) is 5.14. The third-order valence-corrected chi connectivity index (χ3v) is 2.53. The van der Waals surface area contributed by atoms with Crippen molar-refractivity contribution >= 4 is 23.8 Å². The van der Waals surface area contributed by atoms with Crippen molar-refractivity contribution in [3.05, 3.63) is 12.3 Å². The van der Waals surface area contributed by atoms with Gasteiger partial charge in [-0.3, -0.25) is 9.42 Å². The molecule has 0 spiro atoms. The van der Waals surface area contributed by atoms with Crippen LogP contribution in [0.4, 0.5) is 0 Å². The molecule has 0 fully saturated rings. The number of rotatable bonds is 2. The standard InChI is InChI=1S/C5H8BrO4P/c6-3-1-5-2-4-9-11(7,8)10-5/h2,4-5H,1,3H2,(H,7,8). The summed E-state index contributed by atoms with van der Waals surface area (Å²) in [5.41, 5.74) is 0. The lowest BCUT2D eigenvalue weighted by Gasteiger charge is -2.20. The van der Waals surface area contributed by atoms with Gasteiger partial charge < -0.3 is 4.52 Å². The summed E-state index contributed by atoms with van der Waals surface area (Å²) in [7, 11) is -3.78. The van der Waals surface area contributed by atoms with Crippen LogP contribution >= 0.6 is 23.8 Å². The molecule has 0 amide bonds. The highest BCUT2D eigenvalue weighted by Gasteiger charge is 2.28. The Balaban J connectivity index is 2.53. The molecule has 4 nitrogen and oxygen atoms in total. The molecule has 0 aromatic rings. The number of hydrogen-bond donors (Lipinski definition) is 1. The molecule has 0 saturated carbocycles. The maximum absolute atomic E-state index is 10.8. The van der Waals surface area contributed by atoms with Gasteiger partial charge in [0.15, 0.2) is 0 Å². The van der Waals surface area contributed by atoms with Crippen molar-refractivity contribution < 1.29 is 18.5 Å². The second-order valence-corrected chi connectivity index (χ2v) is 4.18. The minimum absolute atomic E-state index is 0.320. The van der Waals surface area contributed by atoms with Crippen molar-refractivity contribution in [1.29, 1.82) is 0 Å². The van der Waals surface area contributed by atoms with Gasteiger partial charge in [-0.2, -0.15) is 0 Å². The maximum atomic E-state index is 10.8. The lowest BCUT2D eigenvalue weighted by atomic mass is 10.3. The molecule has 1 heterocycles. The Kier molecular flexibility index (Phi) is 3.13. The minimum atomic E-state index is -3.78. The first-order valence-electron chi connectivity index (χ1n) is 3.06. The average Bonchev–Trinajstić information content (AvgIpc) is 1.85. The van der Waals surface area contributed by atoms with Gasteiger partial charge in [0, 0.05) is 5.33 Å². The van der Waals surface area contributed by atoms with Crippen molar-refractivity contribution in [2.24, 2.45) is 0 Å². The Morgan fingerprint density at radius 2 is 2.45 bits per heavy atom. The van der Waals surface area contributed by atoms with Crippen molar-refractivity contribution in [2.45, 2.75) is 12.5 Å². The highest BCUT2D eigenvalue weighted by atomic mass is 79.9. The monoisotopic (exact) mass is 242 g/mol. The summed E-state index contributed by atoms with van der Waals surface area (Å²) in [4.78, 5) is 8.82. The van der Waals surface area contributed by atoms with Gasteiger partial charge in [0.1, 0.15) is 0 Å². The zero-order valence-corrected chi connectivity index (χ0v) is 8.12. The van der Waals surface area contributed by atoms with Gasteiger partial charge in [0.25, 0.3) is 0 Å².